The number of aromatic nitrogens is 1. The lowest BCUT2D eigenvalue weighted by molar-refractivity contribution is 0.0690. The minimum absolute atomic E-state index is 0.0366. The number of unbranched alkanes of at least 4 members (excludes halogenated alkanes) is 1. The summed E-state index contributed by atoms with van der Waals surface area (Å²) < 4.78 is 0. The molecule has 0 aliphatic carbocycles. The summed E-state index contributed by atoms with van der Waals surface area (Å²) in [6.45, 7) is 2.18. The first-order chi connectivity index (χ1) is 9.69. The van der Waals surface area contributed by atoms with Gasteiger partial charge in [-0.3, -0.25) is 0 Å². The molecule has 0 aliphatic rings. The van der Waals surface area contributed by atoms with Gasteiger partial charge >= 0.3 is 5.97 Å². The van der Waals surface area contributed by atoms with Crippen molar-refractivity contribution in [3.8, 4) is 0 Å². The van der Waals surface area contributed by atoms with Gasteiger partial charge in [0.25, 0.3) is 0 Å². The highest BCUT2D eigenvalue weighted by Crippen LogP contribution is 2.18. The van der Waals surface area contributed by atoms with Crippen LogP contribution in [0.3, 0.4) is 0 Å². The van der Waals surface area contributed by atoms with Gasteiger partial charge in [-0.15, -0.1) is 0 Å². The van der Waals surface area contributed by atoms with Crippen LogP contribution < -0.4 is 5.32 Å². The molecule has 0 radical (unpaired) electrons. The quantitative estimate of drug-likeness (QED) is 0.836. The number of pyridine rings is 1. The molecule has 0 bridgehead atoms. The highest BCUT2D eigenvalue weighted by atomic mass is 16.4. The Morgan fingerprint density at radius 3 is 2.60 bits per heavy atom. The summed E-state index contributed by atoms with van der Waals surface area (Å²) in [5, 5.41) is 12.1. The maximum absolute atomic E-state index is 10.9. The summed E-state index contributed by atoms with van der Waals surface area (Å²) >= 11 is 0. The molecule has 1 heterocycles. The van der Waals surface area contributed by atoms with E-state index < -0.39 is 5.97 Å². The van der Waals surface area contributed by atoms with Gasteiger partial charge in [-0.1, -0.05) is 25.5 Å². The fourth-order valence-electron chi connectivity index (χ4n) is 1.93. The highest BCUT2D eigenvalue weighted by Gasteiger charge is 2.05. The predicted molar refractivity (Wildman–Crippen MR) is 79.5 cm³/mol. The van der Waals surface area contributed by atoms with Crippen molar-refractivity contribution in [3.63, 3.8) is 0 Å². The van der Waals surface area contributed by atoms with Gasteiger partial charge in [-0.05, 0) is 42.7 Å². The second kappa shape index (κ2) is 6.70. The number of nitrogens with zero attached hydrogens (tertiary/aromatic N) is 1. The number of carboxylic acids is 1. The Morgan fingerprint density at radius 2 is 1.95 bits per heavy atom. The molecule has 0 amide bonds. The van der Waals surface area contributed by atoms with E-state index in [0.717, 1.165) is 17.8 Å². The summed E-state index contributed by atoms with van der Waals surface area (Å²) in [6.07, 6.45) is 4.96. The second-order valence-electron chi connectivity index (χ2n) is 4.66. The van der Waals surface area contributed by atoms with Gasteiger partial charge in [0, 0.05) is 17.6 Å². The first-order valence-corrected chi connectivity index (χ1v) is 6.74. The average molecular weight is 270 g/mol. The summed E-state index contributed by atoms with van der Waals surface area (Å²) in [7, 11) is 0. The molecule has 0 saturated carbocycles. The summed E-state index contributed by atoms with van der Waals surface area (Å²) in [5.74, 6) is -1.02. The minimum Gasteiger partial charge on any atom is -0.477 e. The van der Waals surface area contributed by atoms with Crippen molar-refractivity contribution in [3.05, 3.63) is 53.9 Å². The van der Waals surface area contributed by atoms with Gasteiger partial charge in [0.2, 0.25) is 0 Å². The van der Waals surface area contributed by atoms with Gasteiger partial charge in [0.15, 0.2) is 0 Å². The van der Waals surface area contributed by atoms with Crippen molar-refractivity contribution in [1.82, 2.24) is 4.98 Å². The van der Waals surface area contributed by atoms with Gasteiger partial charge < -0.3 is 10.4 Å². The van der Waals surface area contributed by atoms with Gasteiger partial charge in [0.1, 0.15) is 5.69 Å². The number of hydrogen-bond donors (Lipinski definition) is 2. The normalized spacial score (nSPS) is 10.2. The van der Waals surface area contributed by atoms with Crippen molar-refractivity contribution in [1.29, 1.82) is 0 Å². The molecule has 2 rings (SSSR count). The van der Waals surface area contributed by atoms with Crippen LogP contribution in [0.4, 0.5) is 11.4 Å². The number of aromatic carboxylic acids is 1. The van der Waals surface area contributed by atoms with Gasteiger partial charge in [0.05, 0.1) is 0 Å². The maximum atomic E-state index is 10.9. The zero-order chi connectivity index (χ0) is 14.4. The zero-order valence-electron chi connectivity index (χ0n) is 11.5. The first kappa shape index (κ1) is 14.1. The molecule has 2 N–H and O–H groups in total. The molecule has 0 atom stereocenters. The molecule has 2 aromatic rings. The zero-order valence-corrected chi connectivity index (χ0v) is 11.5. The van der Waals surface area contributed by atoms with E-state index in [-0.39, 0.29) is 5.69 Å². The number of aryl methyl sites for hydroxylation is 1. The summed E-state index contributed by atoms with van der Waals surface area (Å²) in [6, 6.07) is 11.5. The lowest BCUT2D eigenvalue weighted by atomic mass is 10.1. The van der Waals surface area contributed by atoms with E-state index in [2.05, 4.69) is 29.4 Å². The molecule has 0 spiro atoms. The first-order valence-electron chi connectivity index (χ1n) is 6.74. The number of benzene rings is 1. The molecule has 4 nitrogen and oxygen atoms in total. The topological polar surface area (TPSA) is 62.2 Å². The number of nitrogens with one attached hydrogen (secondary N) is 1. The Morgan fingerprint density at radius 1 is 1.20 bits per heavy atom. The summed E-state index contributed by atoms with van der Waals surface area (Å²) in [4.78, 5) is 14.6. The smallest absolute Gasteiger partial charge is 0.354 e. The van der Waals surface area contributed by atoms with E-state index >= 15 is 0 Å². The van der Waals surface area contributed by atoms with Crippen LogP contribution in [0.1, 0.15) is 35.8 Å². The molecule has 4 heteroatoms. The lowest BCUT2D eigenvalue weighted by Crippen LogP contribution is -2.01. The van der Waals surface area contributed by atoms with E-state index in [9.17, 15) is 4.79 Å². The molecular weight excluding hydrogens is 252 g/mol. The van der Waals surface area contributed by atoms with Crippen molar-refractivity contribution in [2.45, 2.75) is 26.2 Å². The van der Waals surface area contributed by atoms with Crippen LogP contribution in [0.25, 0.3) is 0 Å². The van der Waals surface area contributed by atoms with Crippen molar-refractivity contribution < 1.29 is 9.90 Å². The molecule has 20 heavy (non-hydrogen) atoms. The molecule has 0 aliphatic heterocycles. The third kappa shape index (κ3) is 3.82. The average Bonchev–Trinajstić information content (AvgIpc) is 2.47. The highest BCUT2D eigenvalue weighted by molar-refractivity contribution is 5.86. The monoisotopic (exact) mass is 270 g/mol. The molecule has 0 unspecified atom stereocenters. The fraction of sp³-hybridized carbons (Fsp3) is 0.250. The Balaban J connectivity index is 2.06. The van der Waals surface area contributed by atoms with Crippen molar-refractivity contribution >= 4 is 17.3 Å². The van der Waals surface area contributed by atoms with Crippen molar-refractivity contribution in [2.75, 3.05) is 5.32 Å². The molecule has 0 fully saturated rings. The third-order valence-corrected chi connectivity index (χ3v) is 3.04. The number of anilines is 2. The molecule has 104 valence electrons. The molecule has 1 aromatic heterocycles. The summed E-state index contributed by atoms with van der Waals surface area (Å²) in [5.41, 5.74) is 3.01. The van der Waals surface area contributed by atoms with E-state index in [1.54, 1.807) is 6.07 Å². The fourth-order valence-corrected chi connectivity index (χ4v) is 1.93. The SMILES string of the molecule is CCCCc1ccc(Nc2ccnc(C(=O)O)c2)cc1. The number of rotatable bonds is 6. The molecular formula is C16H18N2O2. The third-order valence-electron chi connectivity index (χ3n) is 3.04. The van der Waals surface area contributed by atoms with Crippen LogP contribution >= 0.6 is 0 Å². The number of carbonyl (C=O) groups is 1. The Kier molecular flexibility index (Phi) is 4.71. The Bertz CT molecular complexity index is 579. The van der Waals surface area contributed by atoms with E-state index in [1.807, 2.05) is 12.1 Å². The number of hydrogen-bond acceptors (Lipinski definition) is 3. The lowest BCUT2D eigenvalue weighted by Gasteiger charge is -2.08. The van der Waals surface area contributed by atoms with E-state index in [1.165, 1.54) is 30.7 Å². The predicted octanol–water partition coefficient (Wildman–Crippen LogP) is 3.87. The second-order valence-corrected chi connectivity index (χ2v) is 4.66. The van der Waals surface area contributed by atoms with Gasteiger partial charge in [-0.2, -0.15) is 0 Å². The van der Waals surface area contributed by atoms with E-state index in [0.29, 0.717) is 0 Å². The van der Waals surface area contributed by atoms with Crippen LogP contribution in [0, 0.1) is 0 Å². The van der Waals surface area contributed by atoms with Crippen LogP contribution in [-0.2, 0) is 6.42 Å². The molecule has 1 aromatic carbocycles. The maximum Gasteiger partial charge on any atom is 0.354 e. The van der Waals surface area contributed by atoms with E-state index in [4.69, 9.17) is 5.11 Å². The van der Waals surface area contributed by atoms with Crippen molar-refractivity contribution in [2.24, 2.45) is 0 Å². The number of carboxylic acid groups (broad SMARTS) is 1. The van der Waals surface area contributed by atoms with Crippen LogP contribution in [0.2, 0.25) is 0 Å². The standard InChI is InChI=1S/C16H18N2O2/c1-2-3-4-12-5-7-13(8-6-12)18-14-9-10-17-15(11-14)16(19)20/h5-11H,2-4H2,1H3,(H,17,18)(H,19,20). The van der Waals surface area contributed by atoms with Crippen LogP contribution in [-0.4, -0.2) is 16.1 Å². The Hall–Kier alpha value is -2.36. The van der Waals surface area contributed by atoms with Crippen LogP contribution in [0.5, 0.6) is 0 Å². The minimum atomic E-state index is -1.02. The Labute approximate surface area is 118 Å². The largest absolute Gasteiger partial charge is 0.477 e. The molecule has 0 saturated heterocycles. The van der Waals surface area contributed by atoms with Gasteiger partial charge in [-0.25, -0.2) is 9.78 Å². The van der Waals surface area contributed by atoms with Crippen LogP contribution in [0.15, 0.2) is 42.6 Å².